The predicted octanol–water partition coefficient (Wildman–Crippen LogP) is 12.9. The van der Waals surface area contributed by atoms with E-state index < -0.39 is 5.41 Å². The number of rotatable bonds is 2. The van der Waals surface area contributed by atoms with E-state index in [1.165, 1.54) is 88.7 Å². The summed E-state index contributed by atoms with van der Waals surface area (Å²) < 4.78 is 6.40. The second-order valence-corrected chi connectivity index (χ2v) is 14.8. The van der Waals surface area contributed by atoms with Crippen LogP contribution in [0.5, 0.6) is 11.5 Å². The summed E-state index contributed by atoms with van der Waals surface area (Å²) in [6.07, 6.45) is 0. The van der Waals surface area contributed by atoms with Crippen LogP contribution in [0.15, 0.2) is 170 Å². The van der Waals surface area contributed by atoms with Crippen LogP contribution in [0.2, 0.25) is 0 Å². The average molecular weight is 651 g/mol. The lowest BCUT2D eigenvalue weighted by molar-refractivity contribution is 0.418. The second-order valence-electron chi connectivity index (χ2n) is 14.8. The van der Waals surface area contributed by atoms with Gasteiger partial charge in [0.25, 0.3) is 0 Å². The van der Waals surface area contributed by atoms with Crippen LogP contribution in [0.3, 0.4) is 0 Å². The molecule has 1 spiro atoms. The Kier molecular flexibility index (Phi) is 5.72. The van der Waals surface area contributed by atoms with E-state index in [0.29, 0.717) is 0 Å². The van der Waals surface area contributed by atoms with Gasteiger partial charge in [0.1, 0.15) is 11.5 Å². The quantitative estimate of drug-likeness (QED) is 0.181. The third-order valence-corrected chi connectivity index (χ3v) is 11.9. The number of para-hydroxylation sites is 1. The van der Waals surface area contributed by atoms with Gasteiger partial charge in [0.05, 0.1) is 5.41 Å². The van der Waals surface area contributed by atoms with Crippen molar-refractivity contribution >= 4 is 10.8 Å². The molecule has 0 fully saturated rings. The zero-order chi connectivity index (χ0) is 33.9. The van der Waals surface area contributed by atoms with Gasteiger partial charge in [0, 0.05) is 16.5 Å². The molecule has 51 heavy (non-hydrogen) atoms. The molecule has 3 aliphatic rings. The van der Waals surface area contributed by atoms with Gasteiger partial charge in [-0.2, -0.15) is 0 Å². The molecule has 2 aliphatic carbocycles. The zero-order valence-corrected chi connectivity index (χ0v) is 28.6. The van der Waals surface area contributed by atoms with Crippen LogP contribution in [-0.2, 0) is 10.8 Å². The third kappa shape index (κ3) is 3.71. The van der Waals surface area contributed by atoms with E-state index in [9.17, 15) is 0 Å². The van der Waals surface area contributed by atoms with Gasteiger partial charge < -0.3 is 4.74 Å². The van der Waals surface area contributed by atoms with E-state index in [2.05, 4.69) is 178 Å². The van der Waals surface area contributed by atoms with E-state index in [-0.39, 0.29) is 5.41 Å². The highest BCUT2D eigenvalue weighted by Crippen LogP contribution is 2.63. The van der Waals surface area contributed by atoms with Crippen molar-refractivity contribution < 1.29 is 4.74 Å². The fraction of sp³-hybridized carbons (Fsp3) is 0.0800. The van der Waals surface area contributed by atoms with Crippen molar-refractivity contribution in [3.8, 4) is 56.0 Å². The molecule has 1 heteroatoms. The Morgan fingerprint density at radius 1 is 0.373 bits per heavy atom. The highest BCUT2D eigenvalue weighted by Gasteiger charge is 2.50. The molecular formula is C50H34O. The van der Waals surface area contributed by atoms with Crippen LogP contribution in [0.25, 0.3) is 55.3 Å². The van der Waals surface area contributed by atoms with E-state index >= 15 is 0 Å². The zero-order valence-electron chi connectivity index (χ0n) is 28.6. The maximum absolute atomic E-state index is 6.40. The first-order chi connectivity index (χ1) is 25.0. The number of ether oxygens (including phenoxy) is 1. The van der Waals surface area contributed by atoms with Crippen LogP contribution >= 0.6 is 0 Å². The van der Waals surface area contributed by atoms with Gasteiger partial charge in [0.2, 0.25) is 0 Å². The molecule has 240 valence electrons. The normalized spacial score (nSPS) is 16.8. The Balaban J connectivity index is 1.13. The summed E-state index contributed by atoms with van der Waals surface area (Å²) in [5.41, 5.74) is 17.4. The van der Waals surface area contributed by atoms with Crippen LogP contribution in [0, 0.1) is 0 Å². The lowest BCUT2D eigenvalue weighted by atomic mass is 9.61. The van der Waals surface area contributed by atoms with E-state index in [1.54, 1.807) is 0 Å². The molecule has 8 aromatic rings. The molecule has 1 atom stereocenters. The molecule has 1 nitrogen and oxygen atoms in total. The van der Waals surface area contributed by atoms with Gasteiger partial charge >= 0.3 is 0 Å². The molecule has 0 aromatic heterocycles. The first kappa shape index (κ1) is 28.6. The maximum atomic E-state index is 6.40. The standard InChI is InChI=1S/C50H34O/c1-49(2)41-23-7-8-26-45(41)51-46-28-27-33(30-44(46)49)32-15-9-16-34(29-32)35-19-12-25-43-48(35)38-18-4-6-22-40(38)50(43)39-21-5-3-17-36(39)37-20-10-13-31-14-11-24-42(50)47(31)37/h3-30H,1-2H3. The molecule has 0 amide bonds. The Hall–Kier alpha value is -6.18. The first-order valence-corrected chi connectivity index (χ1v) is 17.9. The van der Waals surface area contributed by atoms with Crippen molar-refractivity contribution in [1.29, 1.82) is 0 Å². The molecule has 0 radical (unpaired) electrons. The molecule has 0 bridgehead atoms. The van der Waals surface area contributed by atoms with E-state index in [1.807, 2.05) is 6.07 Å². The predicted molar refractivity (Wildman–Crippen MR) is 210 cm³/mol. The molecule has 8 aromatic carbocycles. The molecule has 0 saturated carbocycles. The third-order valence-electron chi connectivity index (χ3n) is 11.9. The lowest BCUT2D eigenvalue weighted by Crippen LogP contribution is -2.31. The van der Waals surface area contributed by atoms with Crippen LogP contribution in [0.1, 0.15) is 47.2 Å². The number of fused-ring (bicyclic) bond motifs is 11. The number of benzene rings is 8. The molecular weight excluding hydrogens is 617 g/mol. The SMILES string of the molecule is CC1(C)c2ccccc2Oc2ccc(-c3cccc(-c4cccc5c4-c4ccccc4C54c5ccccc5-c5cccc6cccc4c56)c3)cc21. The maximum Gasteiger partial charge on any atom is 0.131 e. The Labute approximate surface area is 298 Å². The number of hydrogen-bond donors (Lipinski definition) is 0. The topological polar surface area (TPSA) is 9.23 Å². The van der Waals surface area contributed by atoms with Crippen molar-refractivity contribution in [2.45, 2.75) is 24.7 Å². The van der Waals surface area contributed by atoms with Gasteiger partial charge in [0.15, 0.2) is 0 Å². The summed E-state index contributed by atoms with van der Waals surface area (Å²) in [6, 6.07) is 63.0. The molecule has 0 saturated heterocycles. The summed E-state index contributed by atoms with van der Waals surface area (Å²) in [7, 11) is 0. The molecule has 1 heterocycles. The van der Waals surface area contributed by atoms with Crippen LogP contribution in [0.4, 0.5) is 0 Å². The van der Waals surface area contributed by atoms with Gasteiger partial charge in [-0.3, -0.25) is 0 Å². The minimum Gasteiger partial charge on any atom is -0.457 e. The Bertz CT molecular complexity index is 2760. The molecule has 1 unspecified atom stereocenters. The second kappa shape index (κ2) is 10.2. The smallest absolute Gasteiger partial charge is 0.131 e. The van der Waals surface area contributed by atoms with Crippen molar-refractivity contribution in [2.75, 3.05) is 0 Å². The summed E-state index contributed by atoms with van der Waals surface area (Å²) in [6.45, 7) is 4.60. The van der Waals surface area contributed by atoms with Crippen LogP contribution in [-0.4, -0.2) is 0 Å². The average Bonchev–Trinajstić information content (AvgIpc) is 3.48. The molecule has 11 rings (SSSR count). The summed E-state index contributed by atoms with van der Waals surface area (Å²) >= 11 is 0. The van der Waals surface area contributed by atoms with Crippen molar-refractivity contribution in [2.24, 2.45) is 0 Å². The molecule has 0 N–H and O–H groups in total. The minimum atomic E-state index is -0.426. The Morgan fingerprint density at radius 3 is 1.80 bits per heavy atom. The molecule has 1 aliphatic heterocycles. The van der Waals surface area contributed by atoms with Gasteiger partial charge in [-0.05, 0) is 102 Å². The van der Waals surface area contributed by atoms with Crippen molar-refractivity contribution in [3.05, 3.63) is 203 Å². The fourth-order valence-corrected chi connectivity index (χ4v) is 9.71. The lowest BCUT2D eigenvalue weighted by Gasteiger charge is -2.40. The highest BCUT2D eigenvalue weighted by atomic mass is 16.5. The monoisotopic (exact) mass is 650 g/mol. The largest absolute Gasteiger partial charge is 0.457 e. The summed E-state index contributed by atoms with van der Waals surface area (Å²) in [4.78, 5) is 0. The van der Waals surface area contributed by atoms with Gasteiger partial charge in [-0.1, -0.05) is 159 Å². The highest BCUT2D eigenvalue weighted by molar-refractivity contribution is 6.08. The number of hydrogen-bond acceptors (Lipinski definition) is 1. The first-order valence-electron chi connectivity index (χ1n) is 17.9. The minimum absolute atomic E-state index is 0.173. The van der Waals surface area contributed by atoms with Crippen molar-refractivity contribution in [3.63, 3.8) is 0 Å². The Morgan fingerprint density at radius 2 is 0.941 bits per heavy atom. The van der Waals surface area contributed by atoms with Crippen LogP contribution < -0.4 is 4.74 Å². The van der Waals surface area contributed by atoms with Crippen molar-refractivity contribution in [1.82, 2.24) is 0 Å². The fourth-order valence-electron chi connectivity index (χ4n) is 9.71. The van der Waals surface area contributed by atoms with E-state index in [0.717, 1.165) is 11.5 Å². The summed E-state index contributed by atoms with van der Waals surface area (Å²) in [5.74, 6) is 1.88. The van der Waals surface area contributed by atoms with E-state index in [4.69, 9.17) is 4.74 Å². The summed E-state index contributed by atoms with van der Waals surface area (Å²) in [5, 5.41) is 2.64. The van der Waals surface area contributed by atoms with Gasteiger partial charge in [-0.15, -0.1) is 0 Å². The van der Waals surface area contributed by atoms with Gasteiger partial charge in [-0.25, -0.2) is 0 Å².